The molecule has 57 heavy (non-hydrogen) atoms. The van der Waals surface area contributed by atoms with E-state index in [0.717, 1.165) is 74.4 Å². The van der Waals surface area contributed by atoms with Crippen LogP contribution in [0.15, 0.2) is 53.4 Å². The molecule has 0 spiro atoms. The third kappa shape index (κ3) is 8.70. The number of hydrogen-bond acceptors (Lipinski definition) is 13. The molecule has 2 fully saturated rings. The largest absolute Gasteiger partial charge is 0.361 e. The molecule has 2 saturated carbocycles. The predicted octanol–water partition coefficient (Wildman–Crippen LogP) is 6.87. The minimum Gasteiger partial charge on any atom is -0.361 e. The second-order valence-corrected chi connectivity index (χ2v) is 20.5. The average molecular weight is 861 g/mol. The van der Waals surface area contributed by atoms with Gasteiger partial charge in [0.2, 0.25) is 35.0 Å². The summed E-state index contributed by atoms with van der Waals surface area (Å²) in [4.78, 5) is 14.6. The molecule has 8 rings (SSSR count). The summed E-state index contributed by atoms with van der Waals surface area (Å²) in [5.74, 6) is 1.19. The van der Waals surface area contributed by atoms with E-state index in [1.807, 2.05) is 26.2 Å². The molecule has 20 heteroatoms. The number of imidazole rings is 2. The zero-order valence-electron chi connectivity index (χ0n) is 31.8. The van der Waals surface area contributed by atoms with Crippen LogP contribution in [0.25, 0.3) is 44.3 Å². The van der Waals surface area contributed by atoms with Crippen LogP contribution < -0.4 is 9.44 Å². The van der Waals surface area contributed by atoms with Crippen molar-refractivity contribution in [2.75, 3.05) is 12.5 Å². The molecule has 2 aliphatic carbocycles. The number of hydrogen-bond donors (Lipinski definition) is 4. The van der Waals surface area contributed by atoms with Crippen molar-refractivity contribution in [2.45, 2.75) is 119 Å². The summed E-state index contributed by atoms with van der Waals surface area (Å²) in [6, 6.07) is 6.61. The van der Waals surface area contributed by atoms with E-state index in [4.69, 9.17) is 9.05 Å². The van der Waals surface area contributed by atoms with Crippen LogP contribution in [-0.4, -0.2) is 80.1 Å². The Labute approximate surface area is 336 Å². The van der Waals surface area contributed by atoms with Crippen molar-refractivity contribution in [3.63, 3.8) is 0 Å². The summed E-state index contributed by atoms with van der Waals surface area (Å²) < 4.78 is 92.8. The lowest BCUT2D eigenvalue weighted by Gasteiger charge is -2.14. The Kier molecular flexibility index (Phi) is 12.1. The van der Waals surface area contributed by atoms with Gasteiger partial charge < -0.3 is 19.0 Å². The summed E-state index contributed by atoms with van der Waals surface area (Å²) >= 11 is 1.44. The first-order valence-electron chi connectivity index (χ1n) is 18.2. The highest BCUT2D eigenvalue weighted by Gasteiger charge is 2.30. The number of aromatic nitrogens is 6. The number of sulfonamides is 2. The molecule has 0 saturated heterocycles. The van der Waals surface area contributed by atoms with Crippen LogP contribution in [0, 0.1) is 27.7 Å². The quantitative estimate of drug-likeness (QED) is 0.103. The van der Waals surface area contributed by atoms with E-state index >= 15 is 0 Å². The average Bonchev–Trinajstić information content (AvgIpc) is 3.98. The van der Waals surface area contributed by atoms with Crippen LogP contribution in [0.3, 0.4) is 0 Å². The number of H-pyrrole nitrogens is 2. The molecule has 4 N–H and O–H groups in total. The van der Waals surface area contributed by atoms with E-state index in [1.165, 1.54) is 17.8 Å². The van der Waals surface area contributed by atoms with Crippen LogP contribution in [0.1, 0.15) is 81.7 Å². The Morgan fingerprint density at radius 2 is 1.09 bits per heavy atom. The number of nitrogens with one attached hydrogen (secondary N) is 4. The van der Waals surface area contributed by atoms with Crippen molar-refractivity contribution in [1.82, 2.24) is 39.7 Å². The van der Waals surface area contributed by atoms with Gasteiger partial charge in [0, 0.05) is 29.5 Å². The van der Waals surface area contributed by atoms with Gasteiger partial charge in [0.1, 0.15) is 32.3 Å². The molecular weight excluding hydrogens is 813 g/mol. The van der Waals surface area contributed by atoms with Gasteiger partial charge in [-0.25, -0.2) is 44.7 Å². The number of fused-ring (bicyclic) bond motifs is 2. The Balaban J connectivity index is 0.000000190. The number of benzene rings is 2. The zero-order valence-corrected chi connectivity index (χ0v) is 35.1. The highest BCUT2D eigenvalue weighted by molar-refractivity contribution is 7.98. The van der Waals surface area contributed by atoms with Gasteiger partial charge in [0.05, 0.1) is 22.4 Å². The van der Waals surface area contributed by atoms with Gasteiger partial charge in [0.25, 0.3) is 0 Å². The van der Waals surface area contributed by atoms with Crippen molar-refractivity contribution < 1.29 is 34.3 Å². The lowest BCUT2D eigenvalue weighted by atomic mass is 10.0. The normalized spacial score (nSPS) is 15.7. The Hall–Kier alpha value is -4.08. The molecule has 4 heterocycles. The van der Waals surface area contributed by atoms with E-state index in [2.05, 4.69) is 39.7 Å². The van der Waals surface area contributed by atoms with E-state index in [9.17, 15) is 25.3 Å². The minimum absolute atomic E-state index is 0. The topological polar surface area (TPSA) is 236 Å². The Bertz CT molecular complexity index is 2740. The molecule has 6 aromatic rings. The van der Waals surface area contributed by atoms with E-state index in [1.54, 1.807) is 26.0 Å². The number of sulfone groups is 1. The lowest BCUT2D eigenvalue weighted by Crippen LogP contribution is -2.32. The number of nitrogens with zero attached hydrogens (tertiary/aromatic N) is 4. The molecule has 4 aromatic heterocycles. The smallest absolute Gasteiger partial charge is 0.243 e. The van der Waals surface area contributed by atoms with Crippen molar-refractivity contribution in [3.05, 3.63) is 47.2 Å². The van der Waals surface area contributed by atoms with Crippen LogP contribution in [-0.2, 0) is 29.9 Å². The number of aromatic amines is 2. The predicted molar refractivity (Wildman–Crippen MR) is 219 cm³/mol. The van der Waals surface area contributed by atoms with Gasteiger partial charge in [-0.2, -0.15) is 0 Å². The molecule has 0 amide bonds. The molecule has 0 unspecified atom stereocenters. The first-order chi connectivity index (χ1) is 26.4. The summed E-state index contributed by atoms with van der Waals surface area (Å²) in [5, 5.41) is 8.33. The fourth-order valence-electron chi connectivity index (χ4n) is 7.54. The third-order valence-corrected chi connectivity index (χ3v) is 14.7. The van der Waals surface area contributed by atoms with Crippen molar-refractivity contribution in [2.24, 2.45) is 0 Å². The van der Waals surface area contributed by atoms with Gasteiger partial charge in [-0.15, -0.1) is 0 Å². The van der Waals surface area contributed by atoms with E-state index in [0.29, 0.717) is 50.0 Å². The molecule has 308 valence electrons. The second-order valence-electron chi connectivity index (χ2n) is 14.4. The molecule has 0 bridgehead atoms. The highest BCUT2D eigenvalue weighted by Crippen LogP contribution is 2.36. The van der Waals surface area contributed by atoms with Gasteiger partial charge in [-0.1, -0.05) is 55.2 Å². The van der Waals surface area contributed by atoms with E-state index in [-0.39, 0.29) is 40.0 Å². The molecular formula is C37H48N8O8S4. The summed E-state index contributed by atoms with van der Waals surface area (Å²) in [6.45, 7) is 7.17. The van der Waals surface area contributed by atoms with Crippen molar-refractivity contribution >= 4 is 63.7 Å². The van der Waals surface area contributed by atoms with Crippen molar-refractivity contribution in [3.8, 4) is 22.3 Å². The lowest BCUT2D eigenvalue weighted by molar-refractivity contribution is 0.393. The third-order valence-electron chi connectivity index (χ3n) is 10.2. The Morgan fingerprint density at radius 3 is 1.47 bits per heavy atom. The van der Waals surface area contributed by atoms with Gasteiger partial charge in [0.15, 0.2) is 5.16 Å². The van der Waals surface area contributed by atoms with Crippen LogP contribution in [0.2, 0.25) is 0 Å². The molecule has 0 radical (unpaired) electrons. The molecule has 2 aliphatic rings. The fourth-order valence-corrected chi connectivity index (χ4v) is 11.5. The van der Waals surface area contributed by atoms with Crippen molar-refractivity contribution in [1.29, 1.82) is 0 Å². The SMILES string of the molecule is C.CSc1nc2c(S(=O)(=O)NC3CCCC3)cc(-c3c(C)noc3C)cc2[nH]1.Cc1noc(C)c1-c1cc(S(=O)(=O)NC2CCCC2)c2nc(S(C)(=O)=O)[nH]c2c1. The monoisotopic (exact) mass is 860 g/mol. The molecule has 0 aliphatic heterocycles. The summed E-state index contributed by atoms with van der Waals surface area (Å²) in [7, 11) is -11.3. The second kappa shape index (κ2) is 16.3. The van der Waals surface area contributed by atoms with Gasteiger partial charge in [-0.05, 0) is 95.0 Å². The standard InChI is InChI=1S/C18H22N4O5S2.C18H22N4O3S2.CH4/c1-10-16(11(2)27-21-10)12-8-14-17(20-18(19-14)28(3,23)24)15(9-12)29(25,26)22-13-6-4-5-7-13;1-10-16(11(2)25-21-10)12-8-14-17(20-18(19-14)26-3)15(9-12)27(23,24)22-13-6-4-5-7-13;/h8-9,13,22H,4-7H2,1-3H3,(H,19,20);8-9,13,22H,4-7H2,1-3H3,(H,19,20);1H4. The van der Waals surface area contributed by atoms with Gasteiger partial charge in [-0.3, -0.25) is 0 Å². The number of thioether (sulfide) groups is 1. The summed E-state index contributed by atoms with van der Waals surface area (Å²) in [5.41, 5.74) is 5.67. The number of rotatable bonds is 10. The van der Waals surface area contributed by atoms with Crippen LogP contribution in [0.5, 0.6) is 0 Å². The zero-order chi connectivity index (χ0) is 40.2. The van der Waals surface area contributed by atoms with Crippen LogP contribution >= 0.6 is 11.8 Å². The maximum Gasteiger partial charge on any atom is 0.243 e. The highest BCUT2D eigenvalue weighted by atomic mass is 32.2. The minimum atomic E-state index is -3.92. The maximum atomic E-state index is 13.2. The molecule has 16 nitrogen and oxygen atoms in total. The van der Waals surface area contributed by atoms with Gasteiger partial charge >= 0.3 is 0 Å². The first-order valence-corrected chi connectivity index (χ1v) is 24.3. The number of aryl methyl sites for hydroxylation is 4. The molecule has 0 atom stereocenters. The van der Waals surface area contributed by atoms with E-state index < -0.39 is 29.9 Å². The first kappa shape index (κ1) is 42.5. The Morgan fingerprint density at radius 1 is 0.667 bits per heavy atom. The molecule has 2 aromatic carbocycles. The van der Waals surface area contributed by atoms with Crippen LogP contribution in [0.4, 0.5) is 0 Å². The summed E-state index contributed by atoms with van der Waals surface area (Å²) in [6.07, 6.45) is 10.3. The maximum absolute atomic E-state index is 13.2. The fraction of sp³-hybridized carbons (Fsp3) is 0.459.